The van der Waals surface area contributed by atoms with Crippen molar-refractivity contribution in [1.82, 2.24) is 19.9 Å². The van der Waals surface area contributed by atoms with E-state index in [9.17, 15) is 0 Å². The zero-order valence-electron chi connectivity index (χ0n) is 30.9. The van der Waals surface area contributed by atoms with Crippen LogP contribution in [0.4, 0.5) is 0 Å². The lowest BCUT2D eigenvalue weighted by atomic mass is 9.86. The highest BCUT2D eigenvalue weighted by Crippen LogP contribution is 2.46. The van der Waals surface area contributed by atoms with Gasteiger partial charge in [-0.3, -0.25) is 9.97 Å². The van der Waals surface area contributed by atoms with E-state index in [1.807, 2.05) is 103 Å². The van der Waals surface area contributed by atoms with Gasteiger partial charge in [-0.25, -0.2) is 9.97 Å². The minimum Gasteiger partial charge on any atom is -0.309 e. The van der Waals surface area contributed by atoms with Crippen LogP contribution >= 0.6 is 7.14 Å². The number of pyridine rings is 4. The number of aromatic nitrogens is 4. The third kappa shape index (κ3) is 5.35. The molecule has 10 aromatic rings. The fourth-order valence-electron chi connectivity index (χ4n) is 8.44. The van der Waals surface area contributed by atoms with Crippen LogP contribution in [0.3, 0.4) is 0 Å². The van der Waals surface area contributed by atoms with Crippen LogP contribution < -0.4 is 15.9 Å². The van der Waals surface area contributed by atoms with Gasteiger partial charge in [-0.2, -0.15) is 0 Å². The molecule has 0 saturated carbocycles. The van der Waals surface area contributed by atoms with Gasteiger partial charge in [-0.15, -0.1) is 0 Å². The van der Waals surface area contributed by atoms with Crippen molar-refractivity contribution in [3.63, 3.8) is 0 Å². The molecular formula is C50H35N4OP. The maximum atomic E-state index is 15.3. The molecule has 0 atom stereocenters. The van der Waals surface area contributed by atoms with Crippen LogP contribution in [-0.2, 0) is 4.57 Å². The van der Waals surface area contributed by atoms with E-state index >= 15 is 4.57 Å². The fraction of sp³-hybridized carbons (Fsp3) is 0.0400. The van der Waals surface area contributed by atoms with Crippen LogP contribution in [0.5, 0.6) is 0 Å². The summed E-state index contributed by atoms with van der Waals surface area (Å²) in [5.74, 6) is 0. The van der Waals surface area contributed by atoms with Crippen molar-refractivity contribution in [3.8, 4) is 33.6 Å². The van der Waals surface area contributed by atoms with E-state index in [4.69, 9.17) is 9.97 Å². The molecule has 0 aliphatic rings. The summed E-state index contributed by atoms with van der Waals surface area (Å²) in [6.07, 6.45) is 7.40. The third-order valence-electron chi connectivity index (χ3n) is 11.0. The molecule has 0 amide bonds. The van der Waals surface area contributed by atoms with Crippen LogP contribution in [-0.4, -0.2) is 19.9 Å². The molecule has 0 aliphatic heterocycles. The van der Waals surface area contributed by atoms with Crippen molar-refractivity contribution in [1.29, 1.82) is 0 Å². The summed E-state index contributed by atoms with van der Waals surface area (Å²) in [4.78, 5) is 19.8. The first-order valence-corrected chi connectivity index (χ1v) is 20.4. The van der Waals surface area contributed by atoms with E-state index in [-0.39, 0.29) is 0 Å². The minimum absolute atomic E-state index is 0.788. The second-order valence-electron chi connectivity index (χ2n) is 14.2. The summed E-state index contributed by atoms with van der Waals surface area (Å²) in [5, 5.41) is 9.08. The predicted molar refractivity (Wildman–Crippen MR) is 233 cm³/mol. The Kier molecular flexibility index (Phi) is 8.13. The van der Waals surface area contributed by atoms with E-state index in [2.05, 4.69) is 84.5 Å². The van der Waals surface area contributed by atoms with Gasteiger partial charge in [0.1, 0.15) is 0 Å². The molecule has 56 heavy (non-hydrogen) atoms. The Balaban J connectivity index is 1.26. The number of hydrogen-bond donors (Lipinski definition) is 0. The van der Waals surface area contributed by atoms with Gasteiger partial charge in [0.25, 0.3) is 0 Å². The molecule has 0 spiro atoms. The zero-order chi connectivity index (χ0) is 37.8. The number of benzene rings is 6. The van der Waals surface area contributed by atoms with Crippen molar-refractivity contribution < 1.29 is 4.57 Å². The fourth-order valence-corrected chi connectivity index (χ4v) is 11.1. The summed E-state index contributed by atoms with van der Waals surface area (Å²) >= 11 is 0. The van der Waals surface area contributed by atoms with Gasteiger partial charge in [-0.05, 0) is 89.3 Å². The quantitative estimate of drug-likeness (QED) is 0.0965. The number of nitrogens with zero attached hydrogens (tertiary/aromatic N) is 4. The first-order valence-electron chi connectivity index (χ1n) is 18.7. The number of para-hydroxylation sites is 1. The SMILES string of the molecule is Cc1c2c(-c3cccnc3)nc3cc(-c4cccc(P(=O)(c5ccccc5)c5ccccc5)c4)ccc3c2c(C)c2c(-c3cccnc3)nc3ccccc3c12. The molecule has 6 heteroatoms. The van der Waals surface area contributed by atoms with Gasteiger partial charge in [0, 0.05) is 73.4 Å². The van der Waals surface area contributed by atoms with Crippen LogP contribution in [0, 0.1) is 13.8 Å². The van der Waals surface area contributed by atoms with Crippen LogP contribution in [0.1, 0.15) is 11.1 Å². The Morgan fingerprint density at radius 1 is 0.411 bits per heavy atom. The average Bonchev–Trinajstić information content (AvgIpc) is 3.27. The van der Waals surface area contributed by atoms with Gasteiger partial charge in [-0.1, -0.05) is 109 Å². The molecule has 5 nitrogen and oxygen atoms in total. The molecular weight excluding hydrogens is 704 g/mol. The van der Waals surface area contributed by atoms with Crippen molar-refractivity contribution in [2.75, 3.05) is 0 Å². The molecule has 6 aromatic carbocycles. The zero-order valence-corrected chi connectivity index (χ0v) is 31.8. The second kappa shape index (κ2) is 13.5. The molecule has 0 N–H and O–H groups in total. The Hall–Kier alpha value is -6.81. The maximum absolute atomic E-state index is 15.3. The Labute approximate surface area is 324 Å². The number of rotatable bonds is 6. The lowest BCUT2D eigenvalue weighted by Gasteiger charge is -2.21. The predicted octanol–water partition coefficient (Wildman–Crippen LogP) is 11.1. The Bertz CT molecular complexity index is 3130. The van der Waals surface area contributed by atoms with Crippen LogP contribution in [0.2, 0.25) is 0 Å². The van der Waals surface area contributed by atoms with Gasteiger partial charge in [0.15, 0.2) is 7.14 Å². The average molecular weight is 739 g/mol. The third-order valence-corrected chi connectivity index (χ3v) is 14.1. The van der Waals surface area contributed by atoms with E-state index in [1.54, 1.807) is 12.4 Å². The van der Waals surface area contributed by atoms with Gasteiger partial charge in [0.05, 0.1) is 22.4 Å². The summed E-state index contributed by atoms with van der Waals surface area (Å²) < 4.78 is 15.3. The highest BCUT2D eigenvalue weighted by atomic mass is 31.2. The van der Waals surface area contributed by atoms with Crippen molar-refractivity contribution in [3.05, 3.63) is 188 Å². The molecule has 0 bridgehead atoms. The molecule has 0 radical (unpaired) electrons. The van der Waals surface area contributed by atoms with Crippen molar-refractivity contribution >= 4 is 66.4 Å². The molecule has 0 unspecified atom stereocenters. The number of hydrogen-bond acceptors (Lipinski definition) is 5. The molecule has 266 valence electrons. The maximum Gasteiger partial charge on any atom is 0.171 e. The van der Waals surface area contributed by atoms with Crippen LogP contribution in [0.15, 0.2) is 176 Å². The summed E-state index contributed by atoms with van der Waals surface area (Å²) in [6, 6.07) is 50.9. The van der Waals surface area contributed by atoms with Crippen molar-refractivity contribution in [2.45, 2.75) is 13.8 Å². The van der Waals surface area contributed by atoms with E-state index in [0.29, 0.717) is 0 Å². The lowest BCUT2D eigenvalue weighted by molar-refractivity contribution is 0.592. The van der Waals surface area contributed by atoms with E-state index in [1.165, 1.54) is 5.39 Å². The highest BCUT2D eigenvalue weighted by Gasteiger charge is 2.30. The van der Waals surface area contributed by atoms with Gasteiger partial charge >= 0.3 is 0 Å². The normalized spacial score (nSPS) is 11.8. The second-order valence-corrected chi connectivity index (χ2v) is 17.0. The minimum atomic E-state index is -3.17. The monoisotopic (exact) mass is 738 g/mol. The standard InChI is InChI=1S/C50H35N4OP/c1-32-45-41-22-9-10-23-43(41)53-49(36-15-12-26-51-30-36)47(45)33(2)46-42-25-24-35(29-44(42)54-50(48(32)46)37-16-13-27-52-31-37)34-14-11-21-40(28-34)56(55,38-17-5-3-6-18-38)39-19-7-4-8-20-39/h3-31H,1-2H3. The molecule has 10 rings (SSSR count). The number of fused-ring (bicyclic) bond motifs is 6. The molecule has 0 saturated heterocycles. The summed E-state index contributed by atoms with van der Waals surface area (Å²) in [7, 11) is -3.17. The first-order chi connectivity index (χ1) is 27.5. The molecule has 4 aromatic heterocycles. The van der Waals surface area contributed by atoms with Crippen LogP contribution in [0.25, 0.3) is 77.0 Å². The summed E-state index contributed by atoms with van der Waals surface area (Å²) in [5.41, 5.74) is 9.78. The molecule has 0 fully saturated rings. The molecule has 0 aliphatic carbocycles. The van der Waals surface area contributed by atoms with E-state index < -0.39 is 7.14 Å². The smallest absolute Gasteiger partial charge is 0.171 e. The van der Waals surface area contributed by atoms with Gasteiger partial charge < -0.3 is 4.57 Å². The molecule has 4 heterocycles. The van der Waals surface area contributed by atoms with Crippen molar-refractivity contribution in [2.24, 2.45) is 0 Å². The lowest BCUT2D eigenvalue weighted by Crippen LogP contribution is -2.25. The van der Waals surface area contributed by atoms with Gasteiger partial charge in [0.2, 0.25) is 0 Å². The Morgan fingerprint density at radius 3 is 1.50 bits per heavy atom. The highest BCUT2D eigenvalue weighted by molar-refractivity contribution is 7.85. The first kappa shape index (κ1) is 33.7. The number of aryl methyl sites for hydroxylation is 2. The van der Waals surface area contributed by atoms with E-state index in [0.717, 1.165) is 98.6 Å². The topological polar surface area (TPSA) is 68.6 Å². The Morgan fingerprint density at radius 2 is 0.911 bits per heavy atom. The largest absolute Gasteiger partial charge is 0.309 e. The summed E-state index contributed by atoms with van der Waals surface area (Å²) in [6.45, 7) is 4.43.